The molecule has 0 spiro atoms. The van der Waals surface area contributed by atoms with Crippen molar-refractivity contribution in [2.45, 2.75) is 13.2 Å². The molecule has 0 saturated carbocycles. The van der Waals surface area contributed by atoms with Crippen molar-refractivity contribution in [1.29, 1.82) is 0 Å². The number of rotatable bonds is 4. The zero-order chi connectivity index (χ0) is 18.8. The average Bonchev–Trinajstić information content (AvgIpc) is 3.07. The molecule has 1 unspecified atom stereocenters. The highest BCUT2D eigenvalue weighted by Crippen LogP contribution is 2.32. The Kier molecular flexibility index (Phi) is 4.31. The monoisotopic (exact) mass is 356 g/mol. The van der Waals surface area contributed by atoms with Crippen LogP contribution in [0.5, 0.6) is 0 Å². The molecular formula is C16H12N4O6. The Balaban J connectivity index is 1.97. The smallest absolute Gasteiger partial charge is 0.270 e. The molecule has 0 N–H and O–H groups in total. The number of nitro benzene ring substituents is 2. The molecule has 1 amide bonds. The van der Waals surface area contributed by atoms with Crippen LogP contribution in [0.4, 0.5) is 11.4 Å². The van der Waals surface area contributed by atoms with Gasteiger partial charge in [0.2, 0.25) is 18.0 Å². The fourth-order valence-corrected chi connectivity index (χ4v) is 2.44. The lowest BCUT2D eigenvalue weighted by Crippen LogP contribution is -2.25. The van der Waals surface area contributed by atoms with Crippen LogP contribution in [0.2, 0.25) is 0 Å². The molecule has 1 aliphatic rings. The van der Waals surface area contributed by atoms with Gasteiger partial charge in [0.05, 0.1) is 9.85 Å². The molecule has 2 aromatic rings. The summed E-state index contributed by atoms with van der Waals surface area (Å²) in [4.78, 5) is 32.7. The average molecular weight is 356 g/mol. The van der Waals surface area contributed by atoms with E-state index >= 15 is 0 Å². The summed E-state index contributed by atoms with van der Waals surface area (Å²) >= 11 is 0. The number of hydrogen-bond acceptors (Lipinski definition) is 7. The third-order valence-corrected chi connectivity index (χ3v) is 3.64. The van der Waals surface area contributed by atoms with Crippen LogP contribution in [0.3, 0.4) is 0 Å². The first-order valence-electron chi connectivity index (χ1n) is 7.41. The number of amides is 1. The van der Waals surface area contributed by atoms with Crippen molar-refractivity contribution in [2.75, 3.05) is 0 Å². The van der Waals surface area contributed by atoms with Crippen LogP contribution in [0, 0.1) is 20.2 Å². The van der Waals surface area contributed by atoms with Crippen molar-refractivity contribution < 1.29 is 19.4 Å². The van der Waals surface area contributed by atoms with Crippen LogP contribution < -0.4 is 0 Å². The Hall–Kier alpha value is -3.82. The number of carbonyl (C=O) groups is 1. The molecule has 2 aromatic carbocycles. The fraction of sp³-hybridized carbons (Fsp3) is 0.125. The second-order valence-corrected chi connectivity index (χ2v) is 5.40. The highest BCUT2D eigenvalue weighted by molar-refractivity contribution is 5.96. The first-order valence-corrected chi connectivity index (χ1v) is 7.41. The van der Waals surface area contributed by atoms with E-state index in [-0.39, 0.29) is 17.3 Å². The van der Waals surface area contributed by atoms with E-state index in [0.29, 0.717) is 11.1 Å². The molecule has 0 aliphatic carbocycles. The third kappa shape index (κ3) is 3.20. The molecule has 0 bridgehead atoms. The van der Waals surface area contributed by atoms with Gasteiger partial charge in [-0.3, -0.25) is 25.0 Å². The summed E-state index contributed by atoms with van der Waals surface area (Å²) in [5, 5.41) is 27.0. The minimum Gasteiger partial charge on any atom is -0.446 e. The van der Waals surface area contributed by atoms with E-state index in [4.69, 9.17) is 4.74 Å². The van der Waals surface area contributed by atoms with Gasteiger partial charge in [-0.2, -0.15) is 5.01 Å². The molecule has 1 atom stereocenters. The second kappa shape index (κ2) is 6.59. The quantitative estimate of drug-likeness (QED) is 0.612. The number of nitro groups is 2. The standard InChI is InChI=1S/C16H12N4O6/c1-10(21)18-16(12-5-3-7-14(9-12)20(24)25)26-15(17-18)11-4-2-6-13(8-11)19(22)23/h2-9,16H,1H3. The third-order valence-electron chi connectivity index (χ3n) is 3.64. The normalized spacial score (nSPS) is 16.0. The van der Waals surface area contributed by atoms with Crippen molar-refractivity contribution >= 4 is 23.2 Å². The maximum atomic E-state index is 11.9. The van der Waals surface area contributed by atoms with Gasteiger partial charge in [0.25, 0.3) is 11.4 Å². The summed E-state index contributed by atoms with van der Waals surface area (Å²) in [5.74, 6) is -0.428. The lowest BCUT2D eigenvalue weighted by atomic mass is 10.1. The Morgan fingerprint density at radius 3 is 2.31 bits per heavy atom. The van der Waals surface area contributed by atoms with E-state index in [1.165, 1.54) is 43.3 Å². The van der Waals surface area contributed by atoms with E-state index in [2.05, 4.69) is 5.10 Å². The minimum absolute atomic E-state index is 0.0143. The lowest BCUT2D eigenvalue weighted by Gasteiger charge is -2.19. The summed E-state index contributed by atoms with van der Waals surface area (Å²) in [7, 11) is 0. The SMILES string of the molecule is CC(=O)N1N=C(c2cccc([N+](=O)[O-])c2)OC1c1cccc([N+](=O)[O-])c1. The van der Waals surface area contributed by atoms with E-state index in [1.807, 2.05) is 0 Å². The van der Waals surface area contributed by atoms with E-state index in [1.54, 1.807) is 12.1 Å². The van der Waals surface area contributed by atoms with Crippen LogP contribution in [0.25, 0.3) is 0 Å². The highest BCUT2D eigenvalue weighted by atomic mass is 16.6. The van der Waals surface area contributed by atoms with Gasteiger partial charge in [0, 0.05) is 42.3 Å². The van der Waals surface area contributed by atoms with Crippen molar-refractivity contribution in [1.82, 2.24) is 5.01 Å². The number of ether oxygens (including phenoxy) is 1. The van der Waals surface area contributed by atoms with Crippen molar-refractivity contribution in [3.63, 3.8) is 0 Å². The van der Waals surface area contributed by atoms with Gasteiger partial charge < -0.3 is 4.74 Å². The van der Waals surface area contributed by atoms with Crippen molar-refractivity contribution in [3.8, 4) is 0 Å². The van der Waals surface area contributed by atoms with Gasteiger partial charge in [-0.05, 0) is 6.07 Å². The first kappa shape index (κ1) is 17.0. The van der Waals surface area contributed by atoms with Crippen molar-refractivity contribution in [2.24, 2.45) is 5.10 Å². The topological polar surface area (TPSA) is 128 Å². The minimum atomic E-state index is -0.998. The van der Waals surface area contributed by atoms with Crippen LogP contribution in [-0.2, 0) is 9.53 Å². The number of non-ortho nitro benzene ring substituents is 2. The van der Waals surface area contributed by atoms with Crippen LogP contribution >= 0.6 is 0 Å². The van der Waals surface area contributed by atoms with Gasteiger partial charge in [0.15, 0.2) is 0 Å². The van der Waals surface area contributed by atoms with Crippen LogP contribution in [0.15, 0.2) is 53.6 Å². The summed E-state index contributed by atoms with van der Waals surface area (Å²) in [6.45, 7) is 1.27. The molecule has 132 valence electrons. The number of hydrogen-bond donors (Lipinski definition) is 0. The van der Waals surface area contributed by atoms with Gasteiger partial charge in [-0.15, -0.1) is 5.10 Å². The highest BCUT2D eigenvalue weighted by Gasteiger charge is 2.34. The predicted octanol–water partition coefficient (Wildman–Crippen LogP) is 2.74. The molecule has 3 rings (SSSR count). The molecule has 1 aliphatic heterocycles. The van der Waals surface area contributed by atoms with Gasteiger partial charge in [0.1, 0.15) is 0 Å². The van der Waals surface area contributed by atoms with E-state index in [9.17, 15) is 25.0 Å². The maximum absolute atomic E-state index is 11.9. The molecule has 26 heavy (non-hydrogen) atoms. The largest absolute Gasteiger partial charge is 0.446 e. The molecule has 10 heteroatoms. The lowest BCUT2D eigenvalue weighted by molar-refractivity contribution is -0.385. The fourth-order valence-electron chi connectivity index (χ4n) is 2.44. The Bertz CT molecular complexity index is 942. The molecule has 0 saturated heterocycles. The van der Waals surface area contributed by atoms with E-state index < -0.39 is 22.0 Å². The molecule has 0 fully saturated rings. The van der Waals surface area contributed by atoms with Crippen LogP contribution in [0.1, 0.15) is 24.3 Å². The predicted molar refractivity (Wildman–Crippen MR) is 89.1 cm³/mol. The van der Waals surface area contributed by atoms with Gasteiger partial charge >= 0.3 is 0 Å². The summed E-state index contributed by atoms with van der Waals surface area (Å²) in [5.41, 5.74) is 0.373. The van der Waals surface area contributed by atoms with Gasteiger partial charge in [-0.1, -0.05) is 18.2 Å². The molecule has 0 aromatic heterocycles. The number of hydrazone groups is 1. The number of carbonyl (C=O) groups excluding carboxylic acids is 1. The maximum Gasteiger partial charge on any atom is 0.270 e. The molecule has 10 nitrogen and oxygen atoms in total. The summed E-state index contributed by atoms with van der Waals surface area (Å²) < 4.78 is 5.69. The number of nitrogens with zero attached hydrogens (tertiary/aromatic N) is 4. The Morgan fingerprint density at radius 2 is 1.69 bits per heavy atom. The zero-order valence-electron chi connectivity index (χ0n) is 13.4. The van der Waals surface area contributed by atoms with Crippen LogP contribution in [-0.4, -0.2) is 26.7 Å². The van der Waals surface area contributed by atoms with E-state index in [0.717, 1.165) is 5.01 Å². The Morgan fingerprint density at radius 1 is 1.08 bits per heavy atom. The molecule has 0 radical (unpaired) electrons. The molecular weight excluding hydrogens is 344 g/mol. The van der Waals surface area contributed by atoms with Gasteiger partial charge in [-0.25, -0.2) is 0 Å². The second-order valence-electron chi connectivity index (χ2n) is 5.40. The summed E-state index contributed by atoms with van der Waals surface area (Å²) in [6, 6.07) is 11.3. The molecule has 1 heterocycles. The summed E-state index contributed by atoms with van der Waals surface area (Å²) in [6.07, 6.45) is -0.998. The first-order chi connectivity index (χ1) is 12.4. The number of benzene rings is 2. The zero-order valence-corrected chi connectivity index (χ0v) is 13.4. The van der Waals surface area contributed by atoms with Crippen molar-refractivity contribution in [3.05, 3.63) is 79.9 Å². The Labute approximate surface area is 146 Å².